The van der Waals surface area contributed by atoms with Crippen molar-refractivity contribution in [2.45, 2.75) is 11.2 Å². The maximum atomic E-state index is 6.02. The van der Waals surface area contributed by atoms with Gasteiger partial charge in [-0.15, -0.1) is 11.3 Å². The summed E-state index contributed by atoms with van der Waals surface area (Å²) in [6.07, 6.45) is 0.875. The summed E-state index contributed by atoms with van der Waals surface area (Å²) in [6.45, 7) is 0. The van der Waals surface area contributed by atoms with Crippen molar-refractivity contribution in [1.29, 1.82) is 0 Å². The Bertz CT molecular complexity index is 677. The lowest BCUT2D eigenvalue weighted by molar-refractivity contribution is 0.938. The van der Waals surface area contributed by atoms with E-state index in [9.17, 15) is 0 Å². The van der Waals surface area contributed by atoms with Crippen LogP contribution in [0.5, 0.6) is 0 Å². The summed E-state index contributed by atoms with van der Waals surface area (Å²) < 4.78 is 1.24. The third-order valence-corrected chi connectivity index (χ3v) is 5.05. The van der Waals surface area contributed by atoms with Crippen molar-refractivity contribution in [2.24, 2.45) is 0 Å². The van der Waals surface area contributed by atoms with Gasteiger partial charge in [0.05, 0.1) is 15.2 Å². The predicted octanol–water partition coefficient (Wildman–Crippen LogP) is 5.63. The van der Waals surface area contributed by atoms with Crippen LogP contribution in [-0.4, -0.2) is 4.98 Å². The molecule has 4 heteroatoms. The van der Waals surface area contributed by atoms with Crippen molar-refractivity contribution >= 4 is 49.1 Å². The Morgan fingerprint density at radius 3 is 2.79 bits per heavy atom. The molecule has 0 aliphatic heterocycles. The van der Waals surface area contributed by atoms with E-state index in [0.29, 0.717) is 0 Å². The van der Waals surface area contributed by atoms with E-state index in [2.05, 4.69) is 39.1 Å². The highest BCUT2D eigenvalue weighted by Crippen LogP contribution is 2.31. The molecule has 0 radical (unpaired) electrons. The number of halogens is 2. The van der Waals surface area contributed by atoms with Gasteiger partial charge in [-0.1, -0.05) is 51.8 Å². The summed E-state index contributed by atoms with van der Waals surface area (Å²) in [7, 11) is 0. The van der Waals surface area contributed by atoms with Gasteiger partial charge in [-0.2, -0.15) is 0 Å². The number of para-hydroxylation sites is 1. The highest BCUT2D eigenvalue weighted by Gasteiger charge is 2.12. The molecule has 0 bridgehead atoms. The maximum absolute atomic E-state index is 6.02. The molecule has 1 heterocycles. The molecule has 96 valence electrons. The number of fused-ring (bicyclic) bond motifs is 1. The van der Waals surface area contributed by atoms with Gasteiger partial charge in [-0.05, 0) is 29.8 Å². The first-order chi connectivity index (χ1) is 9.22. The minimum atomic E-state index is 0.242. The van der Waals surface area contributed by atoms with E-state index < -0.39 is 0 Å². The largest absolute Gasteiger partial charge is 0.241 e. The Kier molecular flexibility index (Phi) is 3.87. The van der Waals surface area contributed by atoms with E-state index in [1.54, 1.807) is 11.3 Å². The fourth-order valence-electron chi connectivity index (χ4n) is 1.98. The molecule has 0 spiro atoms. The normalized spacial score (nSPS) is 12.7. The first-order valence-electron chi connectivity index (χ1n) is 5.96. The molecule has 1 atom stereocenters. The number of benzene rings is 2. The van der Waals surface area contributed by atoms with Crippen LogP contribution in [-0.2, 0) is 6.42 Å². The summed E-state index contributed by atoms with van der Waals surface area (Å²) in [5, 5.41) is 1.91. The van der Waals surface area contributed by atoms with Gasteiger partial charge in [0, 0.05) is 16.3 Å². The molecule has 3 aromatic rings. The molecular formula is C15H11BrClNS. The fraction of sp³-hybridized carbons (Fsp3) is 0.133. The fourth-order valence-corrected chi connectivity index (χ4v) is 4.00. The molecule has 0 aliphatic rings. The van der Waals surface area contributed by atoms with E-state index in [1.807, 2.05) is 30.3 Å². The minimum Gasteiger partial charge on any atom is -0.241 e. The zero-order valence-electron chi connectivity index (χ0n) is 10.0. The molecule has 0 saturated carbocycles. The van der Waals surface area contributed by atoms with Crippen molar-refractivity contribution in [1.82, 2.24) is 4.98 Å². The molecule has 0 fully saturated rings. The first kappa shape index (κ1) is 13.1. The van der Waals surface area contributed by atoms with Gasteiger partial charge in [0.1, 0.15) is 0 Å². The number of aromatic nitrogens is 1. The number of nitrogens with zero attached hydrogens (tertiary/aromatic N) is 1. The second kappa shape index (κ2) is 5.61. The summed E-state index contributed by atoms with van der Waals surface area (Å²) in [6, 6.07) is 16.2. The standard InChI is InChI=1S/C15H11BrClNS/c16-12(10-4-3-5-11(17)8-10)9-15-18-13-6-1-2-7-14(13)19-15/h1-8,12H,9H2. The zero-order valence-corrected chi connectivity index (χ0v) is 13.2. The lowest BCUT2D eigenvalue weighted by Gasteiger charge is -2.08. The molecule has 0 amide bonds. The van der Waals surface area contributed by atoms with Crippen LogP contribution in [0.1, 0.15) is 15.4 Å². The molecule has 2 aromatic carbocycles. The third kappa shape index (κ3) is 2.99. The van der Waals surface area contributed by atoms with Crippen molar-refractivity contribution < 1.29 is 0 Å². The Morgan fingerprint density at radius 2 is 2.00 bits per heavy atom. The zero-order chi connectivity index (χ0) is 13.2. The Morgan fingerprint density at radius 1 is 1.16 bits per heavy atom. The van der Waals surface area contributed by atoms with Gasteiger partial charge in [0.15, 0.2) is 0 Å². The van der Waals surface area contributed by atoms with Crippen molar-refractivity contribution in [3.05, 3.63) is 64.1 Å². The van der Waals surface area contributed by atoms with Crippen LogP contribution in [0, 0.1) is 0 Å². The van der Waals surface area contributed by atoms with Gasteiger partial charge < -0.3 is 0 Å². The highest BCUT2D eigenvalue weighted by atomic mass is 79.9. The smallest absolute Gasteiger partial charge is 0.0953 e. The van der Waals surface area contributed by atoms with E-state index in [4.69, 9.17) is 11.6 Å². The summed E-state index contributed by atoms with van der Waals surface area (Å²) in [5.41, 5.74) is 2.26. The van der Waals surface area contributed by atoms with E-state index >= 15 is 0 Å². The van der Waals surface area contributed by atoms with Crippen LogP contribution in [0.2, 0.25) is 5.02 Å². The van der Waals surface area contributed by atoms with Crippen LogP contribution in [0.4, 0.5) is 0 Å². The first-order valence-corrected chi connectivity index (χ1v) is 8.07. The molecule has 1 unspecified atom stereocenters. The second-order valence-corrected chi connectivity index (χ2v) is 6.96. The van der Waals surface area contributed by atoms with Crippen LogP contribution in [0.3, 0.4) is 0 Å². The van der Waals surface area contributed by atoms with Crippen molar-refractivity contribution in [3.8, 4) is 0 Å². The third-order valence-electron chi connectivity index (χ3n) is 2.90. The molecule has 1 nitrogen and oxygen atoms in total. The number of thiazole rings is 1. The molecular weight excluding hydrogens is 342 g/mol. The van der Waals surface area contributed by atoms with E-state index in [-0.39, 0.29) is 4.83 Å². The average molecular weight is 353 g/mol. The Hall–Kier alpha value is -0.900. The SMILES string of the molecule is Clc1cccc(C(Br)Cc2nc3ccccc3s2)c1. The Balaban J connectivity index is 1.84. The van der Waals surface area contributed by atoms with Crippen LogP contribution in [0.25, 0.3) is 10.2 Å². The van der Waals surface area contributed by atoms with E-state index in [1.165, 1.54) is 10.3 Å². The van der Waals surface area contributed by atoms with Crippen molar-refractivity contribution in [2.75, 3.05) is 0 Å². The molecule has 3 rings (SSSR count). The number of hydrogen-bond donors (Lipinski definition) is 0. The van der Waals surface area contributed by atoms with Crippen LogP contribution in [0.15, 0.2) is 48.5 Å². The van der Waals surface area contributed by atoms with Gasteiger partial charge in [0.2, 0.25) is 0 Å². The second-order valence-electron chi connectivity index (χ2n) is 4.30. The molecule has 0 saturated heterocycles. The molecule has 1 aromatic heterocycles. The number of rotatable bonds is 3. The van der Waals surface area contributed by atoms with Gasteiger partial charge >= 0.3 is 0 Å². The molecule has 19 heavy (non-hydrogen) atoms. The average Bonchev–Trinajstić information content (AvgIpc) is 2.80. The number of hydrogen-bond acceptors (Lipinski definition) is 2. The summed E-state index contributed by atoms with van der Waals surface area (Å²) in [4.78, 5) is 4.90. The van der Waals surface area contributed by atoms with Gasteiger partial charge in [0.25, 0.3) is 0 Å². The van der Waals surface area contributed by atoms with Crippen molar-refractivity contribution in [3.63, 3.8) is 0 Å². The summed E-state index contributed by atoms with van der Waals surface area (Å²) >= 11 is 11.5. The topological polar surface area (TPSA) is 12.9 Å². The van der Waals surface area contributed by atoms with E-state index in [0.717, 1.165) is 22.0 Å². The lowest BCUT2D eigenvalue weighted by atomic mass is 10.1. The minimum absolute atomic E-state index is 0.242. The monoisotopic (exact) mass is 351 g/mol. The predicted molar refractivity (Wildman–Crippen MR) is 86.4 cm³/mol. The number of alkyl halides is 1. The highest BCUT2D eigenvalue weighted by molar-refractivity contribution is 9.09. The van der Waals surface area contributed by atoms with Gasteiger partial charge in [-0.3, -0.25) is 0 Å². The summed E-state index contributed by atoms with van der Waals surface area (Å²) in [5.74, 6) is 0. The van der Waals surface area contributed by atoms with Gasteiger partial charge in [-0.25, -0.2) is 4.98 Å². The lowest BCUT2D eigenvalue weighted by Crippen LogP contribution is -1.94. The Labute approximate surface area is 129 Å². The van der Waals surface area contributed by atoms with Crippen LogP contribution < -0.4 is 0 Å². The maximum Gasteiger partial charge on any atom is 0.0953 e. The van der Waals surface area contributed by atoms with Crippen LogP contribution >= 0.6 is 38.9 Å². The quantitative estimate of drug-likeness (QED) is 0.557. The molecule has 0 aliphatic carbocycles. The molecule has 0 N–H and O–H groups in total.